The van der Waals surface area contributed by atoms with Crippen molar-refractivity contribution in [3.05, 3.63) is 77.5 Å². The summed E-state index contributed by atoms with van der Waals surface area (Å²) in [5.41, 5.74) is 2.49. The Hall–Kier alpha value is -3.41. The minimum absolute atomic E-state index is 0.0290. The van der Waals surface area contributed by atoms with Crippen molar-refractivity contribution in [3.63, 3.8) is 0 Å². The van der Waals surface area contributed by atoms with E-state index >= 15 is 0 Å². The number of carbonyl (C=O) groups excluding carboxylic acids is 3. The van der Waals surface area contributed by atoms with Gasteiger partial charge in [-0.15, -0.1) is 0 Å². The van der Waals surface area contributed by atoms with Gasteiger partial charge in [0.2, 0.25) is 11.8 Å². The van der Waals surface area contributed by atoms with E-state index in [4.69, 9.17) is 4.74 Å². The Morgan fingerprint density at radius 2 is 1.75 bits per heavy atom. The molecule has 0 saturated carbocycles. The van der Waals surface area contributed by atoms with Gasteiger partial charge in [-0.05, 0) is 22.8 Å². The minimum Gasteiger partial charge on any atom is -0.467 e. The largest absolute Gasteiger partial charge is 0.467 e. The van der Waals surface area contributed by atoms with Gasteiger partial charge in [0.05, 0.1) is 19.6 Å². The van der Waals surface area contributed by atoms with E-state index in [0.29, 0.717) is 5.56 Å². The molecule has 1 N–H and O–H groups in total. The first-order valence-electron chi connectivity index (χ1n) is 8.99. The average Bonchev–Trinajstić information content (AvgIpc) is 2.72. The van der Waals surface area contributed by atoms with Crippen molar-refractivity contribution in [3.8, 4) is 0 Å². The predicted molar refractivity (Wildman–Crippen MR) is 105 cm³/mol. The molecular weight excluding hydrogens is 356 g/mol. The molecule has 28 heavy (non-hydrogen) atoms. The van der Waals surface area contributed by atoms with Crippen LogP contribution in [0.5, 0.6) is 0 Å². The van der Waals surface area contributed by atoms with E-state index in [1.54, 1.807) is 30.5 Å². The quantitative estimate of drug-likeness (QED) is 0.812. The fraction of sp³-hybridized carbons (Fsp3) is 0.227. The third kappa shape index (κ3) is 4.11. The maximum absolute atomic E-state index is 12.8. The lowest BCUT2D eigenvalue weighted by atomic mass is 9.93. The molecule has 1 aliphatic rings. The van der Waals surface area contributed by atoms with Crippen LogP contribution < -0.4 is 5.32 Å². The number of nitrogens with zero attached hydrogens (tertiary/aromatic N) is 1. The molecule has 3 rings (SSSR count). The second-order valence-corrected chi connectivity index (χ2v) is 6.53. The number of hydrogen-bond acceptors (Lipinski definition) is 4. The number of hydrogen-bond donors (Lipinski definition) is 1. The van der Waals surface area contributed by atoms with Gasteiger partial charge in [0.25, 0.3) is 0 Å². The second kappa shape index (κ2) is 8.52. The van der Waals surface area contributed by atoms with Crippen LogP contribution in [0.4, 0.5) is 0 Å². The molecule has 6 nitrogen and oxygen atoms in total. The summed E-state index contributed by atoms with van der Waals surface area (Å²) in [6, 6.07) is 15.2. The number of methoxy groups -OCH3 is 1. The molecular formula is C22H22N2O4. The molecule has 0 aliphatic carbocycles. The van der Waals surface area contributed by atoms with Crippen LogP contribution in [-0.4, -0.2) is 29.8 Å². The highest BCUT2D eigenvalue weighted by Crippen LogP contribution is 2.33. The lowest BCUT2D eigenvalue weighted by Gasteiger charge is -2.32. The molecule has 0 aromatic heterocycles. The van der Waals surface area contributed by atoms with Gasteiger partial charge in [-0.3, -0.25) is 9.59 Å². The van der Waals surface area contributed by atoms with Crippen LogP contribution in [0.25, 0.3) is 6.08 Å². The van der Waals surface area contributed by atoms with Crippen molar-refractivity contribution >= 4 is 23.9 Å². The van der Waals surface area contributed by atoms with Crippen LogP contribution in [0.15, 0.2) is 60.8 Å². The Kier molecular flexibility index (Phi) is 5.89. The van der Waals surface area contributed by atoms with Crippen LogP contribution in [0.2, 0.25) is 0 Å². The van der Waals surface area contributed by atoms with E-state index in [0.717, 1.165) is 11.1 Å². The van der Waals surface area contributed by atoms with E-state index in [1.807, 2.05) is 36.4 Å². The Morgan fingerprint density at radius 1 is 1.07 bits per heavy atom. The third-order valence-corrected chi connectivity index (χ3v) is 4.72. The highest BCUT2D eigenvalue weighted by molar-refractivity contribution is 5.87. The summed E-state index contributed by atoms with van der Waals surface area (Å²) in [5, 5.41) is 2.75. The Balaban J connectivity index is 1.83. The zero-order chi connectivity index (χ0) is 20.1. The number of ether oxygens (including phenoxy) is 1. The first-order valence-corrected chi connectivity index (χ1v) is 8.99. The van der Waals surface area contributed by atoms with Crippen molar-refractivity contribution in [2.24, 2.45) is 0 Å². The summed E-state index contributed by atoms with van der Waals surface area (Å²) in [6.07, 6.45) is 3.57. The van der Waals surface area contributed by atoms with Gasteiger partial charge in [-0.25, -0.2) is 4.79 Å². The predicted octanol–water partition coefficient (Wildman–Crippen LogP) is 2.98. The molecule has 0 fully saturated rings. The van der Waals surface area contributed by atoms with Crippen molar-refractivity contribution in [2.75, 3.05) is 7.11 Å². The van der Waals surface area contributed by atoms with Crippen molar-refractivity contribution in [1.82, 2.24) is 10.2 Å². The first-order chi connectivity index (χ1) is 13.5. The maximum atomic E-state index is 12.8. The molecule has 2 atom stereocenters. The molecule has 0 bridgehead atoms. The summed E-state index contributed by atoms with van der Waals surface area (Å²) in [6.45, 7) is 1.46. The minimum atomic E-state index is -0.904. The van der Waals surface area contributed by atoms with Crippen molar-refractivity contribution in [2.45, 2.75) is 25.4 Å². The molecule has 2 amide bonds. The number of benzene rings is 2. The van der Waals surface area contributed by atoms with Crippen molar-refractivity contribution < 1.29 is 19.1 Å². The van der Waals surface area contributed by atoms with E-state index in [2.05, 4.69) is 5.32 Å². The van der Waals surface area contributed by atoms with Crippen LogP contribution in [0, 0.1) is 0 Å². The monoisotopic (exact) mass is 378 g/mol. The molecule has 0 saturated heterocycles. The summed E-state index contributed by atoms with van der Waals surface area (Å²) in [5.74, 6) is -1.05. The van der Waals surface area contributed by atoms with Crippen LogP contribution in [0.3, 0.4) is 0 Å². The highest BCUT2D eigenvalue weighted by atomic mass is 16.5. The van der Waals surface area contributed by atoms with Gasteiger partial charge in [-0.1, -0.05) is 54.6 Å². The van der Waals surface area contributed by atoms with Gasteiger partial charge in [-0.2, -0.15) is 0 Å². The van der Waals surface area contributed by atoms with Crippen LogP contribution in [-0.2, 0) is 19.1 Å². The van der Waals surface area contributed by atoms with Crippen LogP contribution >= 0.6 is 0 Å². The van der Waals surface area contributed by atoms with E-state index in [1.165, 1.54) is 18.9 Å². The number of rotatable bonds is 5. The molecule has 1 heterocycles. The lowest BCUT2D eigenvalue weighted by Crippen LogP contribution is -2.38. The standard InChI is InChI=1S/C22H22N2O4/c1-15(25)24-13-12-16-8-6-7-11-18(16)19(24)14-20(26)23-21(22(27)28-2)17-9-4-3-5-10-17/h3-13,19,21H,14H2,1-2H3,(H,23,26). The SMILES string of the molecule is COC(=O)C(NC(=O)CC1c2ccccc2C=CN1C(C)=O)c1ccccc1. The van der Waals surface area contributed by atoms with Crippen molar-refractivity contribution in [1.29, 1.82) is 0 Å². The Bertz CT molecular complexity index is 908. The maximum Gasteiger partial charge on any atom is 0.333 e. The van der Waals surface area contributed by atoms with Gasteiger partial charge in [0, 0.05) is 13.1 Å². The lowest BCUT2D eigenvalue weighted by molar-refractivity contribution is -0.145. The molecule has 2 aromatic rings. The molecule has 1 aliphatic heterocycles. The zero-order valence-corrected chi connectivity index (χ0v) is 15.8. The van der Waals surface area contributed by atoms with Gasteiger partial charge in [0.15, 0.2) is 6.04 Å². The molecule has 2 unspecified atom stereocenters. The van der Waals surface area contributed by atoms with Crippen LogP contribution in [0.1, 0.15) is 42.1 Å². The molecule has 0 spiro atoms. The number of nitrogens with one attached hydrogen (secondary N) is 1. The number of esters is 1. The fourth-order valence-corrected chi connectivity index (χ4v) is 3.35. The fourth-order valence-electron chi connectivity index (χ4n) is 3.35. The van der Waals surface area contributed by atoms with Gasteiger partial charge >= 0.3 is 5.97 Å². The van der Waals surface area contributed by atoms with E-state index < -0.39 is 18.1 Å². The highest BCUT2D eigenvalue weighted by Gasteiger charge is 2.30. The Labute approximate surface area is 163 Å². The topological polar surface area (TPSA) is 75.7 Å². The number of amides is 2. The van der Waals surface area contributed by atoms with E-state index in [9.17, 15) is 14.4 Å². The smallest absolute Gasteiger partial charge is 0.333 e. The Morgan fingerprint density at radius 3 is 2.43 bits per heavy atom. The number of carbonyl (C=O) groups is 3. The third-order valence-electron chi connectivity index (χ3n) is 4.72. The normalized spacial score (nSPS) is 16.1. The molecule has 0 radical (unpaired) electrons. The first kappa shape index (κ1) is 19.4. The molecule has 2 aromatic carbocycles. The zero-order valence-electron chi connectivity index (χ0n) is 15.8. The van der Waals surface area contributed by atoms with E-state index in [-0.39, 0.29) is 18.2 Å². The summed E-state index contributed by atoms with van der Waals surface area (Å²) in [4.78, 5) is 38.6. The average molecular weight is 378 g/mol. The molecule has 144 valence electrons. The summed E-state index contributed by atoms with van der Waals surface area (Å²) in [7, 11) is 1.28. The second-order valence-electron chi connectivity index (χ2n) is 6.53. The van der Waals surface area contributed by atoms with Gasteiger partial charge in [0.1, 0.15) is 0 Å². The number of fused-ring (bicyclic) bond motifs is 1. The summed E-state index contributed by atoms with van der Waals surface area (Å²) < 4.78 is 4.84. The van der Waals surface area contributed by atoms with Gasteiger partial charge < -0.3 is 15.0 Å². The summed E-state index contributed by atoms with van der Waals surface area (Å²) >= 11 is 0. The molecule has 6 heteroatoms.